The molecule has 0 radical (unpaired) electrons. The van der Waals surface area contributed by atoms with Gasteiger partial charge in [0.15, 0.2) is 11.5 Å². The second-order valence-electron chi connectivity index (χ2n) is 3.53. The van der Waals surface area contributed by atoms with Crippen molar-refractivity contribution in [2.75, 3.05) is 13.2 Å². The summed E-state index contributed by atoms with van der Waals surface area (Å²) in [7, 11) is 0. The Kier molecular flexibility index (Phi) is 2.20. The van der Waals surface area contributed by atoms with Crippen molar-refractivity contribution >= 4 is 11.3 Å². The van der Waals surface area contributed by atoms with Crippen molar-refractivity contribution in [3.05, 3.63) is 9.75 Å². The zero-order valence-corrected chi connectivity index (χ0v) is 9.03. The maximum atomic E-state index is 5.62. The fourth-order valence-electron chi connectivity index (χ4n) is 1.50. The highest BCUT2D eigenvalue weighted by Crippen LogP contribution is 2.46. The van der Waals surface area contributed by atoms with Gasteiger partial charge >= 0.3 is 0 Å². The highest BCUT2D eigenvalue weighted by Gasteiger charge is 2.23. The van der Waals surface area contributed by atoms with E-state index in [1.807, 2.05) is 0 Å². The molecular formula is C10H14O2S. The van der Waals surface area contributed by atoms with Gasteiger partial charge in [0, 0.05) is 4.88 Å². The van der Waals surface area contributed by atoms with Crippen LogP contribution in [0.2, 0.25) is 0 Å². The van der Waals surface area contributed by atoms with Crippen LogP contribution in [0.1, 0.15) is 29.5 Å². The summed E-state index contributed by atoms with van der Waals surface area (Å²) in [5, 5.41) is 0. The van der Waals surface area contributed by atoms with Crippen LogP contribution in [0.4, 0.5) is 0 Å². The second kappa shape index (κ2) is 3.22. The highest BCUT2D eigenvalue weighted by atomic mass is 32.1. The predicted octanol–water partition coefficient (Wildman–Crippen LogP) is 2.95. The number of hydrogen-bond donors (Lipinski definition) is 0. The van der Waals surface area contributed by atoms with Crippen LogP contribution in [-0.4, -0.2) is 13.2 Å². The van der Waals surface area contributed by atoms with Gasteiger partial charge in [0.05, 0.1) is 4.88 Å². The molecule has 0 amide bonds. The predicted molar refractivity (Wildman–Crippen MR) is 54.1 cm³/mol. The molecule has 0 N–H and O–H groups in total. The largest absolute Gasteiger partial charge is 0.485 e. The van der Waals surface area contributed by atoms with Crippen molar-refractivity contribution in [2.24, 2.45) is 0 Å². The Morgan fingerprint density at radius 3 is 2.38 bits per heavy atom. The minimum Gasteiger partial charge on any atom is -0.485 e. The van der Waals surface area contributed by atoms with E-state index in [0.717, 1.165) is 11.5 Å². The molecule has 1 aromatic heterocycles. The fraction of sp³-hybridized carbons (Fsp3) is 0.600. The smallest absolute Gasteiger partial charge is 0.175 e. The molecule has 1 aromatic rings. The number of aryl methyl sites for hydroxylation is 1. The topological polar surface area (TPSA) is 18.5 Å². The van der Waals surface area contributed by atoms with Crippen molar-refractivity contribution in [1.29, 1.82) is 0 Å². The first kappa shape index (κ1) is 8.88. The molecule has 72 valence electrons. The first-order valence-corrected chi connectivity index (χ1v) is 5.40. The quantitative estimate of drug-likeness (QED) is 0.690. The van der Waals surface area contributed by atoms with Gasteiger partial charge in [-0.05, 0) is 12.8 Å². The average Bonchev–Trinajstić information content (AvgIpc) is 2.45. The van der Waals surface area contributed by atoms with E-state index < -0.39 is 0 Å². The van der Waals surface area contributed by atoms with E-state index in [9.17, 15) is 0 Å². The van der Waals surface area contributed by atoms with Crippen LogP contribution in [0.15, 0.2) is 0 Å². The van der Waals surface area contributed by atoms with E-state index in [4.69, 9.17) is 9.47 Å². The minimum atomic E-state index is 0.522. The molecule has 0 unspecified atom stereocenters. The lowest BCUT2D eigenvalue weighted by Crippen LogP contribution is -2.15. The Morgan fingerprint density at radius 1 is 1.15 bits per heavy atom. The number of ether oxygens (including phenoxy) is 2. The summed E-state index contributed by atoms with van der Waals surface area (Å²) in [5.41, 5.74) is 0. The molecule has 2 nitrogen and oxygen atoms in total. The highest BCUT2D eigenvalue weighted by molar-refractivity contribution is 7.12. The maximum absolute atomic E-state index is 5.62. The molecule has 0 aromatic carbocycles. The van der Waals surface area contributed by atoms with Gasteiger partial charge < -0.3 is 9.47 Å². The molecule has 0 atom stereocenters. The SMILES string of the molecule is Cc1sc(C(C)C)c2c1OCCO2. The van der Waals surface area contributed by atoms with Gasteiger partial charge in [-0.25, -0.2) is 0 Å². The molecule has 1 aliphatic rings. The Morgan fingerprint density at radius 2 is 1.77 bits per heavy atom. The monoisotopic (exact) mass is 198 g/mol. The van der Waals surface area contributed by atoms with Crippen molar-refractivity contribution in [1.82, 2.24) is 0 Å². The van der Waals surface area contributed by atoms with Crippen LogP contribution in [0.3, 0.4) is 0 Å². The molecular weight excluding hydrogens is 184 g/mol. The van der Waals surface area contributed by atoms with Crippen LogP contribution in [0.25, 0.3) is 0 Å². The molecule has 0 spiro atoms. The van der Waals surface area contributed by atoms with Gasteiger partial charge in [0.1, 0.15) is 13.2 Å². The number of fused-ring (bicyclic) bond motifs is 1. The Bertz CT molecular complexity index is 315. The van der Waals surface area contributed by atoms with Crippen molar-refractivity contribution in [2.45, 2.75) is 26.7 Å². The summed E-state index contributed by atoms with van der Waals surface area (Å²) >= 11 is 1.79. The first-order valence-electron chi connectivity index (χ1n) is 4.59. The lowest BCUT2D eigenvalue weighted by Gasteiger charge is -2.17. The zero-order chi connectivity index (χ0) is 9.42. The summed E-state index contributed by atoms with van der Waals surface area (Å²) in [5.74, 6) is 2.48. The van der Waals surface area contributed by atoms with Gasteiger partial charge in [-0.2, -0.15) is 0 Å². The van der Waals surface area contributed by atoms with Crippen LogP contribution in [-0.2, 0) is 0 Å². The third-order valence-corrected chi connectivity index (χ3v) is 3.48. The Hall–Kier alpha value is -0.700. The normalized spacial score (nSPS) is 15.1. The molecule has 0 fully saturated rings. The summed E-state index contributed by atoms with van der Waals surface area (Å²) in [4.78, 5) is 2.55. The van der Waals surface area contributed by atoms with Crippen LogP contribution >= 0.6 is 11.3 Å². The van der Waals surface area contributed by atoms with Crippen LogP contribution in [0, 0.1) is 6.92 Å². The lowest BCUT2D eigenvalue weighted by molar-refractivity contribution is 0.171. The van der Waals surface area contributed by atoms with Gasteiger partial charge in [-0.15, -0.1) is 11.3 Å². The summed E-state index contributed by atoms with van der Waals surface area (Å²) in [6, 6.07) is 0. The standard InChI is InChI=1S/C10H14O2S/c1-6(2)10-9-8(7(3)13-10)11-4-5-12-9/h6H,4-5H2,1-3H3. The van der Waals surface area contributed by atoms with Gasteiger partial charge in [-0.1, -0.05) is 13.8 Å². The summed E-state index contributed by atoms with van der Waals surface area (Å²) in [6.45, 7) is 7.82. The first-order chi connectivity index (χ1) is 6.20. The average molecular weight is 198 g/mol. The molecule has 0 bridgehead atoms. The number of hydrogen-bond acceptors (Lipinski definition) is 3. The van der Waals surface area contributed by atoms with Crippen molar-refractivity contribution in [3.63, 3.8) is 0 Å². The molecule has 13 heavy (non-hydrogen) atoms. The van der Waals surface area contributed by atoms with E-state index in [2.05, 4.69) is 20.8 Å². The van der Waals surface area contributed by atoms with E-state index in [0.29, 0.717) is 19.1 Å². The molecule has 2 heterocycles. The van der Waals surface area contributed by atoms with Crippen molar-refractivity contribution in [3.8, 4) is 11.5 Å². The van der Waals surface area contributed by atoms with Gasteiger partial charge in [0.25, 0.3) is 0 Å². The van der Waals surface area contributed by atoms with E-state index in [1.54, 1.807) is 11.3 Å². The molecule has 1 aliphatic heterocycles. The fourth-order valence-corrected chi connectivity index (χ4v) is 2.55. The molecule has 3 heteroatoms. The molecule has 0 saturated carbocycles. The Balaban J connectivity index is 2.47. The van der Waals surface area contributed by atoms with Gasteiger partial charge in [-0.3, -0.25) is 0 Å². The maximum Gasteiger partial charge on any atom is 0.175 e. The minimum absolute atomic E-state index is 0.522. The van der Waals surface area contributed by atoms with E-state index in [-0.39, 0.29) is 0 Å². The van der Waals surface area contributed by atoms with Crippen LogP contribution in [0.5, 0.6) is 11.5 Å². The lowest BCUT2D eigenvalue weighted by atomic mass is 10.1. The third kappa shape index (κ3) is 1.41. The van der Waals surface area contributed by atoms with E-state index >= 15 is 0 Å². The molecule has 0 saturated heterocycles. The third-order valence-electron chi connectivity index (χ3n) is 2.11. The van der Waals surface area contributed by atoms with E-state index in [1.165, 1.54) is 9.75 Å². The number of thiophene rings is 1. The van der Waals surface area contributed by atoms with Crippen LogP contribution < -0.4 is 9.47 Å². The second-order valence-corrected chi connectivity index (χ2v) is 4.79. The van der Waals surface area contributed by atoms with Gasteiger partial charge in [0.2, 0.25) is 0 Å². The summed E-state index contributed by atoms with van der Waals surface area (Å²) in [6.07, 6.45) is 0. The molecule has 0 aliphatic carbocycles. The number of rotatable bonds is 1. The van der Waals surface area contributed by atoms with Crippen molar-refractivity contribution < 1.29 is 9.47 Å². The summed E-state index contributed by atoms with van der Waals surface area (Å²) < 4.78 is 11.2. The zero-order valence-electron chi connectivity index (χ0n) is 8.22. The molecule has 2 rings (SSSR count). The Labute approximate surface area is 82.5 Å².